The monoisotopic (exact) mass is 303 g/mol. The zero-order valence-electron chi connectivity index (χ0n) is 6.77. The fourth-order valence-corrected chi connectivity index (χ4v) is 1.93. The molecule has 0 bridgehead atoms. The first-order chi connectivity index (χ1) is 5.55. The van der Waals surface area contributed by atoms with Gasteiger partial charge in [0.25, 0.3) is 0 Å². The Morgan fingerprint density at radius 1 is 1.15 bits per heavy atom. The third kappa shape index (κ3) is 3.39. The van der Waals surface area contributed by atoms with Gasteiger partial charge in [0.05, 0.1) is 0 Å². The van der Waals surface area contributed by atoms with E-state index in [1.54, 1.807) is 6.07 Å². The first-order valence-corrected chi connectivity index (χ1v) is 5.60. The molecule has 1 aromatic carbocycles. The summed E-state index contributed by atoms with van der Waals surface area (Å²) in [7, 11) is 0. The molecule has 0 saturated carbocycles. The average molecular weight is 305 g/mol. The normalized spacial score (nSPS) is 10.8. The van der Waals surface area contributed by atoms with Gasteiger partial charge in [0.2, 0.25) is 0 Å². The van der Waals surface area contributed by atoms with Crippen molar-refractivity contribution in [2.24, 2.45) is 0 Å². The molecule has 0 unspecified atom stereocenters. The van der Waals surface area contributed by atoms with Crippen LogP contribution in [-0.2, 0) is 29.5 Å². The fourth-order valence-electron chi connectivity index (χ4n) is 1.01. The van der Waals surface area contributed by atoms with Crippen LogP contribution in [0.4, 0.5) is 13.2 Å². The van der Waals surface area contributed by atoms with Crippen molar-refractivity contribution < 1.29 is 31.5 Å². The van der Waals surface area contributed by atoms with Crippen LogP contribution < -0.4 is 0 Å². The molecule has 0 atom stereocenters. The van der Waals surface area contributed by atoms with E-state index in [4.69, 9.17) is 0 Å². The second kappa shape index (κ2) is 5.11. The van der Waals surface area contributed by atoms with Gasteiger partial charge in [0.1, 0.15) is 0 Å². The van der Waals surface area contributed by atoms with E-state index in [-0.39, 0.29) is 17.0 Å². The maximum absolute atomic E-state index is 12.2. The van der Waals surface area contributed by atoms with Gasteiger partial charge in [-0.3, -0.25) is 0 Å². The summed E-state index contributed by atoms with van der Waals surface area (Å²) >= 11 is 0.854. The summed E-state index contributed by atoms with van der Waals surface area (Å²) in [5.41, 5.74) is -0.0822. The van der Waals surface area contributed by atoms with Gasteiger partial charge in [-0.15, -0.1) is 17.0 Å². The van der Waals surface area contributed by atoms with Gasteiger partial charge in [-0.1, -0.05) is 0 Å². The zero-order chi connectivity index (χ0) is 9.19. The first-order valence-electron chi connectivity index (χ1n) is 3.50. The molecule has 5 heteroatoms. The van der Waals surface area contributed by atoms with Crippen LogP contribution in [0, 0.1) is 0 Å². The van der Waals surface area contributed by atoms with Crippen molar-refractivity contribution in [2.75, 3.05) is 0 Å². The number of hydrogen-bond donors (Lipinski definition) is 0. The van der Waals surface area contributed by atoms with Crippen LogP contribution in [0.1, 0.15) is 11.1 Å². The van der Waals surface area contributed by atoms with Crippen molar-refractivity contribution in [3.05, 3.63) is 35.4 Å². The molecule has 0 fully saturated rings. The van der Waals surface area contributed by atoms with E-state index in [2.05, 4.69) is 0 Å². The van der Waals surface area contributed by atoms with Crippen LogP contribution in [-0.4, -0.2) is 0 Å². The number of benzene rings is 1. The Hall–Kier alpha value is 0.113. The van der Waals surface area contributed by atoms with E-state index in [9.17, 15) is 13.2 Å². The van der Waals surface area contributed by atoms with E-state index >= 15 is 0 Å². The van der Waals surface area contributed by atoms with Crippen LogP contribution in [0.2, 0.25) is 0 Å². The molecule has 0 nitrogen and oxygen atoms in total. The van der Waals surface area contributed by atoms with Crippen molar-refractivity contribution in [2.45, 2.75) is 11.2 Å². The van der Waals surface area contributed by atoms with Crippen LogP contribution in [0.25, 0.3) is 0 Å². The van der Waals surface area contributed by atoms with E-state index < -0.39 is 11.7 Å². The average Bonchev–Trinajstić information content (AvgIpc) is 2.03. The molecular formula is C8H7BrF3Zn. The van der Waals surface area contributed by atoms with Crippen LogP contribution in [0.5, 0.6) is 0 Å². The first kappa shape index (κ1) is 13.1. The summed E-state index contributed by atoms with van der Waals surface area (Å²) in [6, 6.07) is 5.72. The summed E-state index contributed by atoms with van der Waals surface area (Å²) in [4.78, 5) is 0. The maximum atomic E-state index is 12.2. The van der Waals surface area contributed by atoms with Crippen molar-refractivity contribution in [3.8, 4) is 0 Å². The zero-order valence-corrected chi connectivity index (χ0v) is 11.4. The Morgan fingerprint density at radius 2 is 1.69 bits per heavy atom. The van der Waals surface area contributed by atoms with Gasteiger partial charge in [-0.25, -0.2) is 0 Å². The van der Waals surface area contributed by atoms with Crippen molar-refractivity contribution >= 4 is 17.0 Å². The number of hydrogen-bond acceptors (Lipinski definition) is 0. The molecule has 0 heterocycles. The summed E-state index contributed by atoms with van der Waals surface area (Å²) in [6.07, 6.45) is -4.20. The Morgan fingerprint density at radius 3 is 2.08 bits per heavy atom. The predicted octanol–water partition coefficient (Wildman–Crippen LogP) is 3.33. The quantitative estimate of drug-likeness (QED) is 0.698. The Labute approximate surface area is 95.0 Å². The molecule has 0 radical (unpaired) electrons. The van der Waals surface area contributed by atoms with E-state index in [1.807, 2.05) is 0 Å². The Bertz CT molecular complexity index is 272. The fraction of sp³-hybridized carbons (Fsp3) is 0.250. The molecule has 0 N–H and O–H groups in total. The molecule has 1 rings (SSSR count). The van der Waals surface area contributed by atoms with Crippen LogP contribution in [0.15, 0.2) is 24.3 Å². The molecule has 0 amide bonds. The second-order valence-corrected chi connectivity index (χ2v) is 3.45. The van der Waals surface area contributed by atoms with E-state index in [0.29, 0.717) is 10.6 Å². The van der Waals surface area contributed by atoms with Crippen molar-refractivity contribution in [3.63, 3.8) is 0 Å². The standard InChI is InChI=1S/C8H6F3.BrH.Zn/c1-6-4-2-3-5-7(6)8(9,10)11;;/h2-5H,1H2;1H;. The van der Waals surface area contributed by atoms with Crippen molar-refractivity contribution in [1.82, 2.24) is 0 Å². The van der Waals surface area contributed by atoms with Gasteiger partial charge in [0, 0.05) is 0 Å². The third-order valence-electron chi connectivity index (χ3n) is 1.59. The molecule has 0 aliphatic heterocycles. The van der Waals surface area contributed by atoms with Crippen LogP contribution >= 0.6 is 17.0 Å². The third-order valence-corrected chi connectivity index (χ3v) is 2.72. The molecule has 1 aromatic rings. The minimum atomic E-state index is -4.20. The van der Waals surface area contributed by atoms with Crippen LogP contribution in [0.3, 0.4) is 0 Å². The Balaban J connectivity index is 0.00000144. The van der Waals surface area contributed by atoms with Gasteiger partial charge in [-0.2, -0.15) is 0 Å². The summed E-state index contributed by atoms with van der Waals surface area (Å²) < 4.78 is 36.7. The molecular weight excluding hydrogens is 298 g/mol. The van der Waals surface area contributed by atoms with E-state index in [0.717, 1.165) is 24.4 Å². The topological polar surface area (TPSA) is 0 Å². The Kier molecular flexibility index (Phi) is 5.15. The summed E-state index contributed by atoms with van der Waals surface area (Å²) in [5.74, 6) is 0. The number of rotatable bonds is 1. The SMILES string of the molecule is Br.FC(F)(F)c1ccccc1[CH2][Zn]. The van der Waals surface area contributed by atoms with E-state index in [1.165, 1.54) is 12.1 Å². The molecule has 0 aromatic heterocycles. The summed E-state index contributed by atoms with van der Waals surface area (Å²) in [6.45, 7) is 0. The van der Waals surface area contributed by atoms with Gasteiger partial charge < -0.3 is 0 Å². The minimum absolute atomic E-state index is 0. The van der Waals surface area contributed by atoms with Gasteiger partial charge in [0.15, 0.2) is 0 Å². The molecule has 13 heavy (non-hydrogen) atoms. The van der Waals surface area contributed by atoms with Gasteiger partial charge in [-0.05, 0) is 0 Å². The summed E-state index contributed by atoms with van der Waals surface area (Å²) in [5, 5.41) is 0.537. The molecule has 0 spiro atoms. The van der Waals surface area contributed by atoms with Crippen molar-refractivity contribution in [1.29, 1.82) is 0 Å². The second-order valence-electron chi connectivity index (χ2n) is 2.40. The number of halogens is 4. The predicted molar refractivity (Wildman–Crippen MR) is 45.5 cm³/mol. The molecule has 0 aliphatic carbocycles. The van der Waals surface area contributed by atoms with Gasteiger partial charge >= 0.3 is 78.1 Å². The molecule has 69 valence electrons. The molecule has 0 saturated heterocycles. The number of alkyl halides is 3. The molecule has 0 aliphatic rings.